The van der Waals surface area contributed by atoms with Crippen molar-refractivity contribution in [2.45, 2.75) is 25.9 Å². The van der Waals surface area contributed by atoms with Crippen molar-refractivity contribution in [2.75, 3.05) is 18.5 Å². The second-order valence-electron chi connectivity index (χ2n) is 6.88. The molecule has 0 aromatic heterocycles. The van der Waals surface area contributed by atoms with E-state index in [4.69, 9.17) is 0 Å². The molecule has 4 rings (SSSR count). The fourth-order valence-electron chi connectivity index (χ4n) is 4.03. The number of nitrogens with zero attached hydrogens (tertiary/aromatic N) is 2. The van der Waals surface area contributed by atoms with Gasteiger partial charge in [-0.1, -0.05) is 33.6 Å². The number of fused-ring (bicyclic) bond motifs is 1. The Labute approximate surface area is 146 Å². The predicted molar refractivity (Wildman–Crippen MR) is 99.9 cm³/mol. The summed E-state index contributed by atoms with van der Waals surface area (Å²) in [7, 11) is 2.39. The molecule has 0 bridgehead atoms. The van der Waals surface area contributed by atoms with Gasteiger partial charge in [0.05, 0.1) is 19.8 Å². The molecule has 118 valence electrons. The van der Waals surface area contributed by atoms with Gasteiger partial charge in [0.25, 0.3) is 0 Å². The predicted octanol–water partition coefficient (Wildman–Crippen LogP) is 5.14. The highest BCUT2D eigenvalue weighted by Crippen LogP contribution is 2.44. The first-order chi connectivity index (χ1) is 11.1. The summed E-state index contributed by atoms with van der Waals surface area (Å²) in [5.74, 6) is 0. The first kappa shape index (κ1) is 15.0. The van der Waals surface area contributed by atoms with Crippen molar-refractivity contribution in [3.8, 4) is 0 Å². The van der Waals surface area contributed by atoms with Crippen LogP contribution < -0.4 is 4.90 Å². The molecule has 0 saturated carbocycles. The second-order valence-corrected chi connectivity index (χ2v) is 7.79. The van der Waals surface area contributed by atoms with Gasteiger partial charge in [0.1, 0.15) is 0 Å². The molecule has 2 aliphatic rings. The lowest BCUT2D eigenvalue weighted by Crippen LogP contribution is -2.48. The van der Waals surface area contributed by atoms with Gasteiger partial charge in [0.2, 0.25) is 0 Å². The minimum atomic E-state index is 0.521. The molecule has 0 amide bonds. The van der Waals surface area contributed by atoms with E-state index in [2.05, 4.69) is 89.5 Å². The van der Waals surface area contributed by atoms with Crippen molar-refractivity contribution in [3.63, 3.8) is 0 Å². The molecule has 0 N–H and O–H groups in total. The van der Waals surface area contributed by atoms with Gasteiger partial charge in [0, 0.05) is 28.6 Å². The monoisotopic (exact) mass is 369 g/mol. The van der Waals surface area contributed by atoms with Gasteiger partial charge < -0.3 is 0 Å². The molecule has 2 aromatic rings. The number of hydrogen-bond acceptors (Lipinski definition) is 1. The van der Waals surface area contributed by atoms with Gasteiger partial charge in [-0.15, -0.1) is 0 Å². The summed E-state index contributed by atoms with van der Waals surface area (Å²) in [6.07, 6.45) is 5.43. The van der Waals surface area contributed by atoms with Crippen LogP contribution in [0.1, 0.15) is 24.0 Å². The summed E-state index contributed by atoms with van der Waals surface area (Å²) < 4.78 is 2.16. The summed E-state index contributed by atoms with van der Waals surface area (Å²) in [5.41, 5.74) is 5.39. The van der Waals surface area contributed by atoms with Crippen molar-refractivity contribution >= 4 is 27.3 Å². The minimum Gasteiger partial charge on any atom is -0.292 e. The SMILES string of the molecule is Cc1ccc(C2=CN(c3ccc(Br)cc3)[C@H]3CCC[N@+]23C)cc1. The summed E-state index contributed by atoms with van der Waals surface area (Å²) in [5, 5.41) is 0. The summed E-state index contributed by atoms with van der Waals surface area (Å²) >= 11 is 3.54. The van der Waals surface area contributed by atoms with Crippen LogP contribution in [0.15, 0.2) is 59.2 Å². The molecule has 2 atom stereocenters. The average molecular weight is 370 g/mol. The minimum absolute atomic E-state index is 0.521. The van der Waals surface area contributed by atoms with E-state index in [1.165, 1.54) is 41.9 Å². The highest BCUT2D eigenvalue weighted by atomic mass is 79.9. The van der Waals surface area contributed by atoms with Crippen LogP contribution in [-0.2, 0) is 0 Å². The third-order valence-corrected chi connectivity index (χ3v) is 5.88. The quantitative estimate of drug-likeness (QED) is 0.662. The van der Waals surface area contributed by atoms with Gasteiger partial charge in [-0.3, -0.25) is 9.38 Å². The van der Waals surface area contributed by atoms with E-state index >= 15 is 0 Å². The van der Waals surface area contributed by atoms with E-state index in [0.717, 1.165) is 8.96 Å². The van der Waals surface area contributed by atoms with Gasteiger partial charge in [-0.2, -0.15) is 0 Å². The second kappa shape index (κ2) is 5.50. The van der Waals surface area contributed by atoms with Crippen molar-refractivity contribution in [2.24, 2.45) is 0 Å². The van der Waals surface area contributed by atoms with Gasteiger partial charge in [-0.25, -0.2) is 0 Å². The summed E-state index contributed by atoms with van der Waals surface area (Å²) in [6.45, 7) is 3.37. The van der Waals surface area contributed by atoms with Gasteiger partial charge in [0.15, 0.2) is 11.9 Å². The molecule has 0 spiro atoms. The maximum atomic E-state index is 3.54. The van der Waals surface area contributed by atoms with E-state index in [1.807, 2.05) is 0 Å². The molecule has 0 radical (unpaired) electrons. The number of rotatable bonds is 2. The Morgan fingerprint density at radius 2 is 1.74 bits per heavy atom. The molecule has 1 fully saturated rings. The third kappa shape index (κ3) is 2.43. The molecule has 2 heterocycles. The summed E-state index contributed by atoms with van der Waals surface area (Å²) in [4.78, 5) is 2.48. The Balaban J connectivity index is 1.79. The summed E-state index contributed by atoms with van der Waals surface area (Å²) in [6, 6.07) is 17.7. The molecule has 0 aliphatic carbocycles. The Kier molecular flexibility index (Phi) is 3.58. The maximum absolute atomic E-state index is 3.54. The van der Waals surface area contributed by atoms with E-state index in [-0.39, 0.29) is 0 Å². The Hall–Kier alpha value is -1.58. The Morgan fingerprint density at radius 3 is 2.43 bits per heavy atom. The van der Waals surface area contributed by atoms with Crippen LogP contribution >= 0.6 is 15.9 Å². The van der Waals surface area contributed by atoms with Crippen LogP contribution in [-0.4, -0.2) is 24.2 Å². The van der Waals surface area contributed by atoms with Gasteiger partial charge >= 0.3 is 0 Å². The fourth-order valence-corrected chi connectivity index (χ4v) is 4.30. The molecule has 2 nitrogen and oxygen atoms in total. The van der Waals surface area contributed by atoms with Crippen molar-refractivity contribution in [1.82, 2.24) is 0 Å². The van der Waals surface area contributed by atoms with Crippen molar-refractivity contribution < 1.29 is 4.48 Å². The molecule has 23 heavy (non-hydrogen) atoms. The van der Waals surface area contributed by atoms with Crippen LogP contribution in [0.25, 0.3) is 5.70 Å². The standard InChI is InChI=1S/C20H22BrN2/c1-15-5-7-16(8-6-15)19-14-22(18-11-9-17(21)10-12-18)20-4-3-13-23(19,20)2/h5-12,14,20H,3-4,13H2,1-2H3/q+1/t20-,23-/m1/s1. The Bertz CT molecular complexity index is 748. The van der Waals surface area contributed by atoms with E-state index in [1.54, 1.807) is 0 Å². The number of quaternary nitrogens is 1. The van der Waals surface area contributed by atoms with Crippen LogP contribution in [0.2, 0.25) is 0 Å². The van der Waals surface area contributed by atoms with Crippen molar-refractivity contribution in [1.29, 1.82) is 0 Å². The number of benzene rings is 2. The highest BCUT2D eigenvalue weighted by molar-refractivity contribution is 9.10. The van der Waals surface area contributed by atoms with E-state index in [0.29, 0.717) is 6.17 Å². The molecule has 3 heteroatoms. The average Bonchev–Trinajstić information content (AvgIpc) is 3.05. The van der Waals surface area contributed by atoms with Crippen LogP contribution in [0.5, 0.6) is 0 Å². The molecule has 2 aliphatic heterocycles. The van der Waals surface area contributed by atoms with Gasteiger partial charge in [-0.05, 0) is 43.3 Å². The largest absolute Gasteiger partial charge is 0.292 e. The number of aryl methyl sites for hydroxylation is 1. The molecule has 1 saturated heterocycles. The molecule has 0 unspecified atom stereocenters. The molecule has 2 aromatic carbocycles. The molecular formula is C20H22BrN2+. The zero-order chi connectivity index (χ0) is 16.0. The lowest BCUT2D eigenvalue weighted by atomic mass is 10.1. The van der Waals surface area contributed by atoms with Crippen LogP contribution in [0.3, 0.4) is 0 Å². The van der Waals surface area contributed by atoms with E-state index < -0.39 is 0 Å². The zero-order valence-electron chi connectivity index (χ0n) is 13.7. The number of anilines is 1. The molecular weight excluding hydrogens is 348 g/mol. The smallest absolute Gasteiger partial charge is 0.173 e. The third-order valence-electron chi connectivity index (χ3n) is 5.35. The first-order valence-corrected chi connectivity index (χ1v) is 9.06. The normalized spacial score (nSPS) is 26.3. The Morgan fingerprint density at radius 1 is 1.04 bits per heavy atom. The van der Waals surface area contributed by atoms with Crippen molar-refractivity contribution in [3.05, 3.63) is 70.3 Å². The fraction of sp³-hybridized carbons (Fsp3) is 0.300. The van der Waals surface area contributed by atoms with Crippen LogP contribution in [0.4, 0.5) is 5.69 Å². The number of hydrogen-bond donors (Lipinski definition) is 0. The van der Waals surface area contributed by atoms with E-state index in [9.17, 15) is 0 Å². The van der Waals surface area contributed by atoms with Crippen LogP contribution in [0, 0.1) is 6.92 Å². The lowest BCUT2D eigenvalue weighted by Gasteiger charge is -2.34. The first-order valence-electron chi connectivity index (χ1n) is 8.26. The maximum Gasteiger partial charge on any atom is 0.173 e. The lowest BCUT2D eigenvalue weighted by molar-refractivity contribution is -0.845. The topological polar surface area (TPSA) is 3.24 Å². The zero-order valence-corrected chi connectivity index (χ0v) is 15.3. The number of halogens is 1. The highest BCUT2D eigenvalue weighted by Gasteiger charge is 2.50.